The van der Waals surface area contributed by atoms with Crippen LogP contribution in [0.3, 0.4) is 0 Å². The van der Waals surface area contributed by atoms with Gasteiger partial charge in [-0.3, -0.25) is 0 Å². The van der Waals surface area contributed by atoms with E-state index in [9.17, 15) is 13.2 Å². The average molecular weight is 231 g/mol. The summed E-state index contributed by atoms with van der Waals surface area (Å²) < 4.78 is 43.3. The molecule has 0 amide bonds. The fraction of sp³-hybridized carbons (Fsp3) is 0.455. The molecule has 0 aliphatic carbocycles. The summed E-state index contributed by atoms with van der Waals surface area (Å²) in [5, 5.41) is 2.97. The largest absolute Gasteiger partial charge is 0.416 e. The summed E-state index contributed by atoms with van der Waals surface area (Å²) in [6, 6.07) is 4.21. The number of alkyl halides is 3. The summed E-state index contributed by atoms with van der Waals surface area (Å²) in [4.78, 5) is 0. The highest BCUT2D eigenvalue weighted by molar-refractivity contribution is 5.61. The number of nitrogens with one attached hydrogen (secondary N) is 1. The average Bonchev–Trinajstić information content (AvgIpc) is 2.61. The Balaban J connectivity index is 2.45. The molecule has 1 N–H and O–H groups in total. The summed E-state index contributed by atoms with van der Waals surface area (Å²) in [5.74, 6) is -0.224. The Morgan fingerprint density at radius 3 is 2.81 bits per heavy atom. The van der Waals surface area contributed by atoms with Gasteiger partial charge < -0.3 is 10.1 Å². The molecule has 0 unspecified atom stereocenters. The van der Waals surface area contributed by atoms with Crippen molar-refractivity contribution in [1.29, 1.82) is 0 Å². The number of fused-ring (bicyclic) bond motifs is 1. The van der Waals surface area contributed by atoms with E-state index >= 15 is 0 Å². The molecule has 16 heavy (non-hydrogen) atoms. The lowest BCUT2D eigenvalue weighted by molar-refractivity contribution is -0.138. The molecule has 1 aromatic rings. The molecule has 2 nitrogen and oxygen atoms in total. The molecule has 1 aromatic carbocycles. The minimum atomic E-state index is -4.30. The Morgan fingerprint density at radius 1 is 1.44 bits per heavy atom. The van der Waals surface area contributed by atoms with E-state index in [1.807, 2.05) is 0 Å². The molecule has 0 saturated heterocycles. The van der Waals surface area contributed by atoms with Gasteiger partial charge in [0.25, 0.3) is 0 Å². The maximum absolute atomic E-state index is 12.8. The van der Waals surface area contributed by atoms with Crippen molar-refractivity contribution < 1.29 is 17.9 Å². The molecule has 1 atom stereocenters. The SMILES string of the molecule is COC[C@H]1CNc2cccc(C(F)(F)F)c21. The number of methoxy groups -OCH3 is 1. The van der Waals surface area contributed by atoms with Crippen LogP contribution in [0.25, 0.3) is 0 Å². The maximum atomic E-state index is 12.8. The topological polar surface area (TPSA) is 21.3 Å². The number of hydrogen-bond acceptors (Lipinski definition) is 2. The molecule has 0 saturated carbocycles. The van der Waals surface area contributed by atoms with Crippen LogP contribution >= 0.6 is 0 Å². The second kappa shape index (κ2) is 3.97. The van der Waals surface area contributed by atoms with E-state index in [-0.39, 0.29) is 5.92 Å². The summed E-state index contributed by atoms with van der Waals surface area (Å²) in [5.41, 5.74) is 0.339. The third-order valence-electron chi connectivity index (χ3n) is 2.73. The number of rotatable bonds is 2. The van der Waals surface area contributed by atoms with E-state index in [0.29, 0.717) is 24.4 Å². The van der Waals surface area contributed by atoms with Gasteiger partial charge in [-0.15, -0.1) is 0 Å². The van der Waals surface area contributed by atoms with Crippen LogP contribution in [0.4, 0.5) is 18.9 Å². The third-order valence-corrected chi connectivity index (χ3v) is 2.73. The first kappa shape index (κ1) is 11.3. The van der Waals surface area contributed by atoms with Crippen LogP contribution in [0.1, 0.15) is 17.0 Å². The predicted molar refractivity (Wildman–Crippen MR) is 54.6 cm³/mol. The van der Waals surface area contributed by atoms with Crippen molar-refractivity contribution in [1.82, 2.24) is 0 Å². The van der Waals surface area contributed by atoms with Gasteiger partial charge in [-0.05, 0) is 17.7 Å². The molecule has 0 fully saturated rings. The molecule has 0 radical (unpaired) electrons. The molecule has 0 aromatic heterocycles. The molecule has 2 rings (SSSR count). The van der Waals surface area contributed by atoms with Crippen molar-refractivity contribution in [2.24, 2.45) is 0 Å². The standard InChI is InChI=1S/C11H12F3NO/c1-16-6-7-5-15-9-4-2-3-8(10(7)9)11(12,13)14/h2-4,7,15H,5-6H2,1H3/t7-/m1/s1. The molecular formula is C11H12F3NO. The fourth-order valence-corrected chi connectivity index (χ4v) is 2.09. The lowest BCUT2D eigenvalue weighted by atomic mass is 9.96. The molecule has 1 aliphatic heterocycles. The predicted octanol–water partition coefficient (Wildman–Crippen LogP) is 2.86. The molecule has 0 spiro atoms. The van der Waals surface area contributed by atoms with Gasteiger partial charge in [-0.2, -0.15) is 13.2 Å². The second-order valence-electron chi connectivity index (χ2n) is 3.80. The minimum absolute atomic E-state index is 0.224. The van der Waals surface area contributed by atoms with E-state index in [4.69, 9.17) is 4.74 Å². The van der Waals surface area contributed by atoms with E-state index in [1.165, 1.54) is 13.2 Å². The number of hydrogen-bond donors (Lipinski definition) is 1. The number of anilines is 1. The monoisotopic (exact) mass is 231 g/mol. The Kier molecular flexibility index (Phi) is 2.80. The van der Waals surface area contributed by atoms with E-state index in [2.05, 4.69) is 5.32 Å². The highest BCUT2D eigenvalue weighted by Crippen LogP contribution is 2.41. The number of benzene rings is 1. The first-order valence-electron chi connectivity index (χ1n) is 4.97. The van der Waals surface area contributed by atoms with E-state index in [0.717, 1.165) is 6.07 Å². The lowest BCUT2D eigenvalue weighted by Gasteiger charge is -2.15. The summed E-state index contributed by atoms with van der Waals surface area (Å²) in [7, 11) is 1.49. The summed E-state index contributed by atoms with van der Waals surface area (Å²) in [6.45, 7) is 0.795. The molecule has 5 heteroatoms. The van der Waals surface area contributed by atoms with Gasteiger partial charge in [0.1, 0.15) is 0 Å². The smallest absolute Gasteiger partial charge is 0.384 e. The van der Waals surface area contributed by atoms with Crippen LogP contribution in [0.5, 0.6) is 0 Å². The van der Waals surface area contributed by atoms with Crippen molar-refractivity contribution in [2.45, 2.75) is 12.1 Å². The first-order chi connectivity index (χ1) is 7.54. The highest BCUT2D eigenvalue weighted by atomic mass is 19.4. The summed E-state index contributed by atoms with van der Waals surface area (Å²) in [6.07, 6.45) is -4.30. The molecule has 1 heterocycles. The first-order valence-corrected chi connectivity index (χ1v) is 4.97. The Hall–Kier alpha value is -1.23. The quantitative estimate of drug-likeness (QED) is 0.845. The van der Waals surface area contributed by atoms with E-state index in [1.54, 1.807) is 6.07 Å². The van der Waals surface area contributed by atoms with Gasteiger partial charge in [0.15, 0.2) is 0 Å². The van der Waals surface area contributed by atoms with Crippen LogP contribution in [0, 0.1) is 0 Å². The molecule has 0 bridgehead atoms. The van der Waals surface area contributed by atoms with Crippen LogP contribution in [-0.2, 0) is 10.9 Å². The summed E-state index contributed by atoms with van der Waals surface area (Å²) >= 11 is 0. The van der Waals surface area contributed by atoms with E-state index < -0.39 is 11.7 Å². The van der Waals surface area contributed by atoms with Crippen molar-refractivity contribution in [3.05, 3.63) is 29.3 Å². The zero-order valence-electron chi connectivity index (χ0n) is 8.77. The third kappa shape index (κ3) is 1.87. The van der Waals surface area contributed by atoms with Gasteiger partial charge in [0.2, 0.25) is 0 Å². The molecule has 88 valence electrons. The zero-order valence-corrected chi connectivity index (χ0v) is 8.77. The Morgan fingerprint density at radius 2 is 2.19 bits per heavy atom. The van der Waals surface area contributed by atoms with Crippen molar-refractivity contribution >= 4 is 5.69 Å². The minimum Gasteiger partial charge on any atom is -0.384 e. The number of ether oxygens (including phenoxy) is 1. The van der Waals surface area contributed by atoms with Crippen molar-refractivity contribution in [3.63, 3.8) is 0 Å². The lowest BCUT2D eigenvalue weighted by Crippen LogP contribution is -2.14. The van der Waals surface area contributed by atoms with Crippen LogP contribution in [0.2, 0.25) is 0 Å². The zero-order chi connectivity index (χ0) is 11.8. The second-order valence-corrected chi connectivity index (χ2v) is 3.80. The Bertz CT molecular complexity index is 387. The van der Waals surface area contributed by atoms with Crippen molar-refractivity contribution in [3.8, 4) is 0 Å². The van der Waals surface area contributed by atoms with Gasteiger partial charge in [-0.1, -0.05) is 6.07 Å². The number of halogens is 3. The normalized spacial score (nSPS) is 19.4. The van der Waals surface area contributed by atoms with Gasteiger partial charge >= 0.3 is 6.18 Å². The van der Waals surface area contributed by atoms with Gasteiger partial charge in [-0.25, -0.2) is 0 Å². The highest BCUT2D eigenvalue weighted by Gasteiger charge is 2.38. The molecular weight excluding hydrogens is 219 g/mol. The maximum Gasteiger partial charge on any atom is 0.416 e. The van der Waals surface area contributed by atoms with Crippen LogP contribution in [0.15, 0.2) is 18.2 Å². The fourth-order valence-electron chi connectivity index (χ4n) is 2.09. The van der Waals surface area contributed by atoms with Crippen molar-refractivity contribution in [2.75, 3.05) is 25.6 Å². The van der Waals surface area contributed by atoms with Gasteiger partial charge in [0.05, 0.1) is 12.2 Å². The molecule has 1 aliphatic rings. The van der Waals surface area contributed by atoms with Crippen LogP contribution < -0.4 is 5.32 Å². The van der Waals surface area contributed by atoms with Gasteiger partial charge in [0, 0.05) is 25.3 Å². The Labute approximate surface area is 91.4 Å². The van der Waals surface area contributed by atoms with Crippen LogP contribution in [-0.4, -0.2) is 20.3 Å².